The van der Waals surface area contributed by atoms with Gasteiger partial charge in [0.05, 0.1) is 0 Å². The van der Waals surface area contributed by atoms with Gasteiger partial charge in [-0.25, -0.2) is 0 Å². The Morgan fingerprint density at radius 3 is 2.81 bits per heavy atom. The minimum absolute atomic E-state index is 0.158. The first-order valence-corrected chi connectivity index (χ1v) is 6.13. The summed E-state index contributed by atoms with van der Waals surface area (Å²) in [5, 5.41) is 0. The first kappa shape index (κ1) is 11.3. The van der Waals surface area contributed by atoms with E-state index < -0.39 is 0 Å². The number of nitrogen functional groups attached to an aromatic ring is 1. The van der Waals surface area contributed by atoms with Gasteiger partial charge in [0.2, 0.25) is 0 Å². The highest BCUT2D eigenvalue weighted by atomic mass is 14.6. The third kappa shape index (κ3) is 1.55. The van der Waals surface area contributed by atoms with Gasteiger partial charge in [-0.2, -0.15) is 0 Å². The molecular weight excluding hydrogens is 194 g/mol. The molecule has 1 nitrogen and oxygen atoms in total. The van der Waals surface area contributed by atoms with E-state index in [1.54, 1.807) is 0 Å². The lowest BCUT2D eigenvalue weighted by molar-refractivity contribution is 0.221. The molecule has 1 aliphatic rings. The molecule has 0 unspecified atom stereocenters. The zero-order chi connectivity index (χ0) is 11.8. The van der Waals surface area contributed by atoms with Gasteiger partial charge in [-0.15, -0.1) is 0 Å². The topological polar surface area (TPSA) is 26.0 Å². The van der Waals surface area contributed by atoms with E-state index >= 15 is 0 Å². The molecule has 0 spiro atoms. The van der Waals surface area contributed by atoms with Gasteiger partial charge in [-0.05, 0) is 36.5 Å². The standard InChI is InChI=1S/C15H21N/c1-4-6-12-9-11(2)15(12,3)13-7-5-8-14(16)10-13/h5,7-8,10,12H,2,4,6,9,16H2,1,3H3/t12-,15-/m0/s1. The van der Waals surface area contributed by atoms with Crippen molar-refractivity contribution in [3.8, 4) is 0 Å². The van der Waals surface area contributed by atoms with E-state index in [1.165, 1.54) is 30.4 Å². The van der Waals surface area contributed by atoms with Crippen LogP contribution >= 0.6 is 0 Å². The van der Waals surface area contributed by atoms with Crippen LogP contribution in [-0.2, 0) is 5.41 Å². The zero-order valence-corrected chi connectivity index (χ0v) is 10.3. The van der Waals surface area contributed by atoms with Gasteiger partial charge >= 0.3 is 0 Å². The summed E-state index contributed by atoms with van der Waals surface area (Å²) in [6.45, 7) is 8.78. The highest BCUT2D eigenvalue weighted by Gasteiger charge is 2.46. The molecule has 1 heteroatoms. The summed E-state index contributed by atoms with van der Waals surface area (Å²) in [7, 11) is 0. The van der Waals surface area contributed by atoms with Crippen LogP contribution in [0.4, 0.5) is 5.69 Å². The largest absolute Gasteiger partial charge is 0.399 e. The normalized spacial score (nSPS) is 28.9. The average Bonchev–Trinajstić information content (AvgIpc) is 2.28. The van der Waals surface area contributed by atoms with Crippen molar-refractivity contribution in [1.82, 2.24) is 0 Å². The number of benzene rings is 1. The second-order valence-corrected chi connectivity index (χ2v) is 5.12. The number of hydrogen-bond acceptors (Lipinski definition) is 1. The van der Waals surface area contributed by atoms with Crippen LogP contribution < -0.4 is 5.73 Å². The van der Waals surface area contributed by atoms with Crippen LogP contribution in [0, 0.1) is 5.92 Å². The maximum absolute atomic E-state index is 5.87. The lowest BCUT2D eigenvalue weighted by Gasteiger charge is -2.50. The van der Waals surface area contributed by atoms with Gasteiger partial charge in [-0.3, -0.25) is 0 Å². The molecular formula is C15H21N. The van der Waals surface area contributed by atoms with Crippen LogP contribution in [0.15, 0.2) is 36.4 Å². The first-order valence-electron chi connectivity index (χ1n) is 6.13. The van der Waals surface area contributed by atoms with E-state index in [4.69, 9.17) is 5.73 Å². The van der Waals surface area contributed by atoms with Crippen molar-refractivity contribution in [1.29, 1.82) is 0 Å². The van der Waals surface area contributed by atoms with Crippen LogP contribution in [0.2, 0.25) is 0 Å². The summed E-state index contributed by atoms with van der Waals surface area (Å²) >= 11 is 0. The van der Waals surface area contributed by atoms with Crippen molar-refractivity contribution in [2.45, 2.75) is 38.5 Å². The summed E-state index contributed by atoms with van der Waals surface area (Å²) < 4.78 is 0. The molecule has 2 rings (SSSR count). The molecule has 0 aromatic heterocycles. The highest BCUT2D eigenvalue weighted by molar-refractivity contribution is 5.49. The Morgan fingerprint density at radius 1 is 1.50 bits per heavy atom. The molecule has 0 amide bonds. The van der Waals surface area contributed by atoms with Crippen molar-refractivity contribution in [2.24, 2.45) is 5.92 Å². The fourth-order valence-corrected chi connectivity index (χ4v) is 2.91. The monoisotopic (exact) mass is 215 g/mol. The van der Waals surface area contributed by atoms with Gasteiger partial charge in [0.1, 0.15) is 0 Å². The number of rotatable bonds is 3. The van der Waals surface area contributed by atoms with Crippen molar-refractivity contribution in [3.05, 3.63) is 42.0 Å². The lowest BCUT2D eigenvalue weighted by atomic mass is 9.54. The Labute approximate surface area is 98.4 Å². The second-order valence-electron chi connectivity index (χ2n) is 5.12. The fourth-order valence-electron chi connectivity index (χ4n) is 2.91. The van der Waals surface area contributed by atoms with E-state index in [9.17, 15) is 0 Å². The molecule has 1 saturated carbocycles. The van der Waals surface area contributed by atoms with Gasteiger partial charge in [0, 0.05) is 11.1 Å². The SMILES string of the molecule is C=C1C[C@H](CCC)[C@@]1(C)c1cccc(N)c1. The molecule has 0 radical (unpaired) electrons. The smallest absolute Gasteiger partial charge is 0.0317 e. The van der Waals surface area contributed by atoms with Crippen LogP contribution in [0.1, 0.15) is 38.7 Å². The van der Waals surface area contributed by atoms with Gasteiger partial charge in [-0.1, -0.05) is 44.6 Å². The maximum atomic E-state index is 5.87. The average molecular weight is 215 g/mol. The predicted octanol–water partition coefficient (Wildman–Crippen LogP) is 3.90. The van der Waals surface area contributed by atoms with Gasteiger partial charge in [0.25, 0.3) is 0 Å². The Balaban J connectivity index is 2.33. The minimum atomic E-state index is 0.158. The van der Waals surface area contributed by atoms with E-state index in [2.05, 4.69) is 32.6 Å². The highest BCUT2D eigenvalue weighted by Crippen LogP contribution is 2.54. The molecule has 86 valence electrons. The first-order chi connectivity index (χ1) is 7.59. The molecule has 1 aromatic rings. The maximum Gasteiger partial charge on any atom is 0.0317 e. The van der Waals surface area contributed by atoms with E-state index in [0.717, 1.165) is 11.6 Å². The number of anilines is 1. The minimum Gasteiger partial charge on any atom is -0.399 e. The quantitative estimate of drug-likeness (QED) is 0.600. The summed E-state index contributed by atoms with van der Waals surface area (Å²) in [6, 6.07) is 8.28. The summed E-state index contributed by atoms with van der Waals surface area (Å²) in [4.78, 5) is 0. The molecule has 1 fully saturated rings. The van der Waals surface area contributed by atoms with E-state index in [-0.39, 0.29) is 5.41 Å². The number of allylic oxidation sites excluding steroid dienone is 1. The van der Waals surface area contributed by atoms with Crippen molar-refractivity contribution >= 4 is 5.69 Å². The summed E-state index contributed by atoms with van der Waals surface area (Å²) in [5.74, 6) is 0.742. The van der Waals surface area contributed by atoms with Gasteiger partial charge in [0.15, 0.2) is 0 Å². The predicted molar refractivity (Wildman–Crippen MR) is 70.4 cm³/mol. The van der Waals surface area contributed by atoms with Crippen molar-refractivity contribution in [2.75, 3.05) is 5.73 Å². The number of hydrogen-bond donors (Lipinski definition) is 1. The number of nitrogens with two attached hydrogens (primary N) is 1. The summed E-state index contributed by atoms with van der Waals surface area (Å²) in [5.41, 5.74) is 9.58. The zero-order valence-electron chi connectivity index (χ0n) is 10.3. The molecule has 16 heavy (non-hydrogen) atoms. The van der Waals surface area contributed by atoms with Crippen LogP contribution in [0.5, 0.6) is 0 Å². The molecule has 1 aromatic carbocycles. The molecule has 0 heterocycles. The Hall–Kier alpha value is -1.24. The third-order valence-electron chi connectivity index (χ3n) is 4.17. The van der Waals surface area contributed by atoms with E-state index in [0.29, 0.717) is 0 Å². The molecule has 0 bridgehead atoms. The molecule has 1 aliphatic carbocycles. The molecule has 2 N–H and O–H groups in total. The third-order valence-corrected chi connectivity index (χ3v) is 4.17. The molecule has 0 saturated heterocycles. The Kier molecular flexibility index (Phi) is 2.79. The van der Waals surface area contributed by atoms with Crippen molar-refractivity contribution < 1.29 is 0 Å². The summed E-state index contributed by atoms with van der Waals surface area (Å²) in [6.07, 6.45) is 3.71. The molecule has 0 aliphatic heterocycles. The lowest BCUT2D eigenvalue weighted by Crippen LogP contribution is -2.43. The van der Waals surface area contributed by atoms with Gasteiger partial charge < -0.3 is 5.73 Å². The van der Waals surface area contributed by atoms with Crippen LogP contribution in [0.3, 0.4) is 0 Å². The fraction of sp³-hybridized carbons (Fsp3) is 0.467. The Bertz CT molecular complexity index is 408. The Morgan fingerprint density at radius 2 is 2.25 bits per heavy atom. The van der Waals surface area contributed by atoms with E-state index in [1.807, 2.05) is 12.1 Å². The van der Waals surface area contributed by atoms with Crippen molar-refractivity contribution in [3.63, 3.8) is 0 Å². The second kappa shape index (κ2) is 3.97. The molecule has 2 atom stereocenters. The van der Waals surface area contributed by atoms with Crippen LogP contribution in [-0.4, -0.2) is 0 Å². The van der Waals surface area contributed by atoms with Crippen LogP contribution in [0.25, 0.3) is 0 Å².